The standard InChI is InChI=1S/C19H13F3N4O3S3/c20-19(21,22)11-8-12(13-2-1-7-30-13)26-18-14(11)15(23)16(31-18)17(27)25-9-3-5-10(6-4-9)32(24,28)29/h1-8H,23H2,(H,25,27)(H2,24,28,29). The van der Waals surface area contributed by atoms with Gasteiger partial charge in [-0.2, -0.15) is 13.2 Å². The Kier molecular flexibility index (Phi) is 5.45. The van der Waals surface area contributed by atoms with Crippen LogP contribution in [0.3, 0.4) is 0 Å². The highest BCUT2D eigenvalue weighted by molar-refractivity contribution is 7.86. The van der Waals surface area contributed by atoms with E-state index in [4.69, 9.17) is 10.5 Å². The predicted molar refractivity (Wildman–Crippen MR) is 118 cm³/mol. The Morgan fingerprint density at radius 2 is 1.91 bits per heavy atom. The number of nitrogens with zero attached hydrogens (tertiary/aromatic N) is 1. The molecule has 4 rings (SSSR count). The second kappa shape index (κ2) is 7.85. The highest BCUT2D eigenvalue weighted by Gasteiger charge is 2.36. The number of aromatic nitrogens is 1. The molecule has 0 spiro atoms. The number of nitrogen functional groups attached to an aromatic ring is 1. The van der Waals surface area contributed by atoms with Crippen LogP contribution in [0.15, 0.2) is 52.7 Å². The third-order valence-corrected chi connectivity index (χ3v) is 7.32. The second-order valence-corrected chi connectivity index (χ2v) is 10.0. The lowest BCUT2D eigenvalue weighted by atomic mass is 10.1. The van der Waals surface area contributed by atoms with Crippen LogP contribution in [0.25, 0.3) is 20.8 Å². The molecule has 0 saturated carbocycles. The summed E-state index contributed by atoms with van der Waals surface area (Å²) in [5.74, 6) is -0.750. The van der Waals surface area contributed by atoms with Crippen LogP contribution in [0.1, 0.15) is 15.2 Å². The van der Waals surface area contributed by atoms with E-state index in [2.05, 4.69) is 10.3 Å². The number of thiophene rings is 2. The number of rotatable bonds is 4. The maximum absolute atomic E-state index is 13.8. The fourth-order valence-corrected chi connectivity index (χ4v) is 5.18. The molecule has 3 heterocycles. The zero-order chi connectivity index (χ0) is 23.3. The van der Waals surface area contributed by atoms with Crippen molar-refractivity contribution in [1.82, 2.24) is 4.98 Å². The van der Waals surface area contributed by atoms with Gasteiger partial charge >= 0.3 is 6.18 Å². The van der Waals surface area contributed by atoms with E-state index in [9.17, 15) is 26.7 Å². The Bertz CT molecular complexity index is 1430. The van der Waals surface area contributed by atoms with Crippen molar-refractivity contribution in [3.8, 4) is 10.6 Å². The summed E-state index contributed by atoms with van der Waals surface area (Å²) in [5.41, 5.74) is 4.99. The van der Waals surface area contributed by atoms with E-state index in [0.29, 0.717) is 4.88 Å². The van der Waals surface area contributed by atoms with Crippen molar-refractivity contribution in [2.45, 2.75) is 11.1 Å². The van der Waals surface area contributed by atoms with Crippen molar-refractivity contribution >= 4 is 60.2 Å². The first kappa shape index (κ1) is 22.2. The molecule has 3 aromatic heterocycles. The molecule has 1 amide bonds. The minimum atomic E-state index is -4.71. The van der Waals surface area contributed by atoms with Crippen molar-refractivity contribution in [3.63, 3.8) is 0 Å². The summed E-state index contributed by atoms with van der Waals surface area (Å²) in [6.07, 6.45) is -4.71. The minimum absolute atomic E-state index is 0.0181. The van der Waals surface area contributed by atoms with Gasteiger partial charge in [0.05, 0.1) is 26.7 Å². The molecule has 1 unspecified atom stereocenters. The largest absolute Gasteiger partial charge is 0.417 e. The van der Waals surface area contributed by atoms with Crippen LogP contribution < -0.4 is 11.1 Å². The molecule has 166 valence electrons. The number of hydrogen-bond acceptors (Lipinski definition) is 7. The average Bonchev–Trinajstić information content (AvgIpc) is 3.35. The molecule has 13 heteroatoms. The van der Waals surface area contributed by atoms with E-state index in [-0.39, 0.29) is 37.1 Å². The van der Waals surface area contributed by atoms with Crippen LogP contribution in [-0.2, 0) is 16.2 Å². The van der Waals surface area contributed by atoms with Crippen LogP contribution in [0, 0.1) is 4.78 Å². The van der Waals surface area contributed by atoms with E-state index in [1.165, 1.54) is 35.6 Å². The number of hydrogen-bond donors (Lipinski definition) is 4. The van der Waals surface area contributed by atoms with Crippen LogP contribution in [-0.4, -0.2) is 19.7 Å². The van der Waals surface area contributed by atoms with Gasteiger partial charge in [0.1, 0.15) is 9.71 Å². The number of pyridine rings is 1. The van der Waals surface area contributed by atoms with Gasteiger partial charge in [-0.1, -0.05) is 6.07 Å². The van der Waals surface area contributed by atoms with Gasteiger partial charge in [0, 0.05) is 11.1 Å². The van der Waals surface area contributed by atoms with Gasteiger partial charge in [-0.25, -0.2) is 14.0 Å². The monoisotopic (exact) mass is 498 g/mol. The molecular weight excluding hydrogens is 485 g/mol. The molecule has 0 aliphatic carbocycles. The maximum Gasteiger partial charge on any atom is 0.417 e. The number of anilines is 2. The Hall–Kier alpha value is -3.00. The number of fused-ring (bicyclic) bond motifs is 1. The Morgan fingerprint density at radius 1 is 1.22 bits per heavy atom. The topological polar surface area (TPSA) is 129 Å². The molecule has 0 fully saturated rings. The molecule has 1 aromatic carbocycles. The SMILES string of the molecule is N=S(=O)(O)c1ccc(NC(=O)c2sc3nc(-c4cccs4)cc(C(F)(F)F)c3c2N)cc1. The first-order valence-electron chi connectivity index (χ1n) is 8.72. The molecule has 0 aliphatic heterocycles. The number of amides is 1. The van der Waals surface area contributed by atoms with Crippen molar-refractivity contribution in [3.05, 3.63) is 58.3 Å². The van der Waals surface area contributed by atoms with E-state index in [1.807, 2.05) is 0 Å². The summed E-state index contributed by atoms with van der Waals surface area (Å²) in [7, 11) is -3.91. The highest BCUT2D eigenvalue weighted by atomic mass is 32.2. The van der Waals surface area contributed by atoms with Gasteiger partial charge in [0.25, 0.3) is 5.91 Å². The highest BCUT2D eigenvalue weighted by Crippen LogP contribution is 2.44. The third kappa shape index (κ3) is 4.19. The molecule has 0 aliphatic rings. The summed E-state index contributed by atoms with van der Waals surface area (Å²) >= 11 is 1.98. The smallest absolute Gasteiger partial charge is 0.397 e. The first-order chi connectivity index (χ1) is 14.9. The molecule has 7 nitrogen and oxygen atoms in total. The van der Waals surface area contributed by atoms with Crippen molar-refractivity contribution in [1.29, 1.82) is 4.78 Å². The zero-order valence-corrected chi connectivity index (χ0v) is 18.2. The number of benzene rings is 1. The van der Waals surface area contributed by atoms with E-state index >= 15 is 0 Å². The minimum Gasteiger partial charge on any atom is -0.397 e. The average molecular weight is 499 g/mol. The van der Waals surface area contributed by atoms with E-state index < -0.39 is 27.7 Å². The third-order valence-electron chi connectivity index (χ3n) is 4.42. The van der Waals surface area contributed by atoms with E-state index in [0.717, 1.165) is 17.4 Å². The molecule has 0 saturated heterocycles. The molecular formula is C19H13F3N4O3S3. The van der Waals surface area contributed by atoms with Crippen molar-refractivity contribution < 1.29 is 26.7 Å². The number of carbonyl (C=O) groups excluding carboxylic acids is 1. The van der Waals surface area contributed by atoms with Crippen molar-refractivity contribution in [2.75, 3.05) is 11.1 Å². The second-order valence-electron chi connectivity index (χ2n) is 6.56. The Morgan fingerprint density at radius 3 is 2.47 bits per heavy atom. The Labute approximate surface area is 187 Å². The van der Waals surface area contributed by atoms with Gasteiger partial charge < -0.3 is 11.1 Å². The number of nitrogens with two attached hydrogens (primary N) is 1. The number of carbonyl (C=O) groups is 1. The lowest BCUT2D eigenvalue weighted by Gasteiger charge is -2.10. The lowest BCUT2D eigenvalue weighted by molar-refractivity contribution is -0.136. The summed E-state index contributed by atoms with van der Waals surface area (Å²) in [6, 6.07) is 9.25. The van der Waals surface area contributed by atoms with Crippen molar-refractivity contribution in [2.24, 2.45) is 0 Å². The van der Waals surface area contributed by atoms with E-state index in [1.54, 1.807) is 17.5 Å². The first-order valence-corrected chi connectivity index (χ1v) is 11.9. The fourth-order valence-electron chi connectivity index (χ4n) is 2.97. The zero-order valence-electron chi connectivity index (χ0n) is 15.8. The molecule has 0 bridgehead atoms. The van der Waals surface area contributed by atoms with Gasteiger partial charge in [0.2, 0.25) is 0 Å². The normalized spacial score (nSPS) is 13.8. The number of halogens is 3. The van der Waals surface area contributed by atoms with Crippen LogP contribution in [0.5, 0.6) is 0 Å². The molecule has 5 N–H and O–H groups in total. The van der Waals surface area contributed by atoms with Crippen LogP contribution >= 0.6 is 22.7 Å². The molecule has 0 radical (unpaired) electrons. The van der Waals surface area contributed by atoms with Gasteiger partial charge in [-0.05, 0) is 41.8 Å². The van der Waals surface area contributed by atoms with Crippen LogP contribution in [0.2, 0.25) is 0 Å². The van der Waals surface area contributed by atoms with Crippen LogP contribution in [0.4, 0.5) is 24.5 Å². The Balaban J connectivity index is 1.76. The van der Waals surface area contributed by atoms with Gasteiger partial charge in [-0.3, -0.25) is 9.35 Å². The molecule has 32 heavy (non-hydrogen) atoms. The number of nitrogens with one attached hydrogen (secondary N) is 2. The lowest BCUT2D eigenvalue weighted by Crippen LogP contribution is -2.12. The molecule has 1 atom stereocenters. The summed E-state index contributed by atoms with van der Waals surface area (Å²) < 4.78 is 69.0. The molecule has 4 aromatic rings. The number of alkyl halides is 3. The van der Waals surface area contributed by atoms with Gasteiger partial charge in [0.15, 0.2) is 10.0 Å². The summed E-state index contributed by atoms with van der Waals surface area (Å²) in [6.45, 7) is 0. The fraction of sp³-hybridized carbons (Fsp3) is 0.0526. The summed E-state index contributed by atoms with van der Waals surface area (Å²) in [4.78, 5) is 17.3. The maximum atomic E-state index is 13.8. The van der Waals surface area contributed by atoms with Gasteiger partial charge in [-0.15, -0.1) is 22.7 Å². The summed E-state index contributed by atoms with van der Waals surface area (Å²) in [5, 5.41) is 3.87. The predicted octanol–water partition coefficient (Wildman–Crippen LogP) is 5.76. The quantitative estimate of drug-likeness (QED) is 0.284.